The second-order valence-electron chi connectivity index (χ2n) is 3.96. The first-order valence-corrected chi connectivity index (χ1v) is 6.11. The van der Waals surface area contributed by atoms with E-state index < -0.39 is 0 Å². The van der Waals surface area contributed by atoms with Crippen LogP contribution in [0.5, 0.6) is 0 Å². The van der Waals surface area contributed by atoms with E-state index in [9.17, 15) is 0 Å². The van der Waals surface area contributed by atoms with Gasteiger partial charge >= 0.3 is 0 Å². The van der Waals surface area contributed by atoms with E-state index in [2.05, 4.69) is 46.1 Å². The summed E-state index contributed by atoms with van der Waals surface area (Å²) in [5, 5.41) is 3.25. The maximum atomic E-state index is 5.90. The Morgan fingerprint density at radius 3 is 2.76 bits per heavy atom. The molecule has 1 aromatic heterocycles. The molecular weight excluding hydrogens is 278 g/mol. The van der Waals surface area contributed by atoms with Crippen LogP contribution in [0.1, 0.15) is 11.1 Å². The number of benzene rings is 1. The number of nitrogens with two attached hydrogens (primary N) is 1. The predicted molar refractivity (Wildman–Crippen MR) is 75.5 cm³/mol. The lowest BCUT2D eigenvalue weighted by Crippen LogP contribution is -2.00. The van der Waals surface area contributed by atoms with Gasteiger partial charge < -0.3 is 11.1 Å². The average Bonchev–Trinajstić information content (AvgIpc) is 2.28. The molecule has 0 saturated carbocycles. The first-order chi connectivity index (χ1) is 8.08. The van der Waals surface area contributed by atoms with Crippen LogP contribution in [0.2, 0.25) is 0 Å². The molecule has 0 radical (unpaired) electrons. The molecule has 0 aliphatic heterocycles. The highest BCUT2D eigenvalue weighted by molar-refractivity contribution is 9.10. The van der Waals surface area contributed by atoms with E-state index >= 15 is 0 Å². The van der Waals surface area contributed by atoms with E-state index in [-0.39, 0.29) is 0 Å². The summed E-state index contributed by atoms with van der Waals surface area (Å²) in [4.78, 5) is 4.26. The molecule has 2 rings (SSSR count). The van der Waals surface area contributed by atoms with Gasteiger partial charge in [0.2, 0.25) is 0 Å². The summed E-state index contributed by atoms with van der Waals surface area (Å²) in [5.74, 6) is 0.682. The minimum Gasteiger partial charge on any atom is -0.396 e. The fraction of sp³-hybridized carbons (Fsp3) is 0.154. The molecule has 0 fully saturated rings. The number of nitrogens with one attached hydrogen (secondary N) is 1. The molecule has 0 unspecified atom stereocenters. The van der Waals surface area contributed by atoms with Crippen LogP contribution in [0, 0.1) is 13.8 Å². The Bertz CT molecular complexity index is 552. The van der Waals surface area contributed by atoms with Gasteiger partial charge in [-0.25, -0.2) is 4.98 Å². The number of rotatable bonds is 2. The molecule has 0 amide bonds. The van der Waals surface area contributed by atoms with Gasteiger partial charge in [0, 0.05) is 16.4 Å². The largest absolute Gasteiger partial charge is 0.396 e. The van der Waals surface area contributed by atoms with Crippen molar-refractivity contribution in [3.63, 3.8) is 0 Å². The van der Waals surface area contributed by atoms with Crippen LogP contribution in [0.25, 0.3) is 0 Å². The van der Waals surface area contributed by atoms with Gasteiger partial charge in [-0.1, -0.05) is 12.1 Å². The Hall–Kier alpha value is -1.55. The number of hydrogen-bond acceptors (Lipinski definition) is 3. The van der Waals surface area contributed by atoms with Crippen molar-refractivity contribution in [3.8, 4) is 0 Å². The van der Waals surface area contributed by atoms with Crippen molar-refractivity contribution < 1.29 is 0 Å². The molecule has 0 aliphatic carbocycles. The highest BCUT2D eigenvalue weighted by atomic mass is 79.9. The smallest absolute Gasteiger partial charge is 0.153 e. The van der Waals surface area contributed by atoms with Crippen LogP contribution in [0.15, 0.2) is 34.9 Å². The number of halogens is 1. The zero-order valence-corrected chi connectivity index (χ0v) is 11.4. The summed E-state index contributed by atoms with van der Waals surface area (Å²) in [6.07, 6.45) is 1.73. The number of anilines is 3. The lowest BCUT2D eigenvalue weighted by molar-refractivity contribution is 1.27. The maximum absolute atomic E-state index is 5.90. The van der Waals surface area contributed by atoms with Crippen LogP contribution < -0.4 is 11.1 Å². The standard InChI is InChI=1S/C13H14BrN3/c1-8-4-3-5-12(9(8)2)17-13-11(15)6-10(14)7-16-13/h3-7H,15H2,1-2H3,(H,16,17). The number of aryl methyl sites for hydroxylation is 1. The molecule has 3 N–H and O–H groups in total. The molecule has 17 heavy (non-hydrogen) atoms. The number of hydrogen-bond donors (Lipinski definition) is 2. The number of nitrogen functional groups attached to an aromatic ring is 1. The van der Waals surface area contributed by atoms with Gasteiger partial charge in [-0.2, -0.15) is 0 Å². The third kappa shape index (κ3) is 2.58. The summed E-state index contributed by atoms with van der Waals surface area (Å²) in [6, 6.07) is 7.95. The minimum absolute atomic E-state index is 0.625. The summed E-state index contributed by atoms with van der Waals surface area (Å²) < 4.78 is 0.876. The van der Waals surface area contributed by atoms with Gasteiger partial charge in [-0.15, -0.1) is 0 Å². The second kappa shape index (κ2) is 4.75. The Morgan fingerprint density at radius 2 is 2.06 bits per heavy atom. The van der Waals surface area contributed by atoms with Crippen LogP contribution in [-0.2, 0) is 0 Å². The Kier molecular flexibility index (Phi) is 3.33. The number of nitrogens with zero attached hydrogens (tertiary/aromatic N) is 1. The monoisotopic (exact) mass is 291 g/mol. The van der Waals surface area contributed by atoms with Gasteiger partial charge in [0.1, 0.15) is 0 Å². The molecule has 0 spiro atoms. The van der Waals surface area contributed by atoms with Gasteiger partial charge in [0.15, 0.2) is 5.82 Å². The lowest BCUT2D eigenvalue weighted by Gasteiger charge is -2.12. The third-order valence-electron chi connectivity index (χ3n) is 2.74. The molecule has 3 nitrogen and oxygen atoms in total. The van der Waals surface area contributed by atoms with Crippen molar-refractivity contribution in [1.82, 2.24) is 4.98 Å². The normalized spacial score (nSPS) is 10.3. The van der Waals surface area contributed by atoms with E-state index in [1.54, 1.807) is 6.20 Å². The van der Waals surface area contributed by atoms with Gasteiger partial charge in [0.05, 0.1) is 5.69 Å². The summed E-state index contributed by atoms with van der Waals surface area (Å²) >= 11 is 3.34. The topological polar surface area (TPSA) is 50.9 Å². The van der Waals surface area contributed by atoms with Crippen molar-refractivity contribution in [3.05, 3.63) is 46.1 Å². The van der Waals surface area contributed by atoms with Crippen LogP contribution in [-0.4, -0.2) is 4.98 Å². The molecule has 1 aromatic carbocycles. The van der Waals surface area contributed by atoms with E-state index in [0.29, 0.717) is 11.5 Å². The van der Waals surface area contributed by atoms with Gasteiger partial charge in [-0.05, 0) is 53.0 Å². The molecule has 2 aromatic rings. The van der Waals surface area contributed by atoms with Crippen LogP contribution in [0.3, 0.4) is 0 Å². The Labute approximate surface area is 109 Å². The van der Waals surface area contributed by atoms with E-state index in [0.717, 1.165) is 10.2 Å². The summed E-state index contributed by atoms with van der Waals surface area (Å²) in [7, 11) is 0. The molecule has 0 bridgehead atoms. The van der Waals surface area contributed by atoms with Crippen LogP contribution in [0.4, 0.5) is 17.2 Å². The molecule has 4 heteroatoms. The first-order valence-electron chi connectivity index (χ1n) is 5.32. The predicted octanol–water partition coefficient (Wildman–Crippen LogP) is 3.79. The number of aromatic nitrogens is 1. The summed E-state index contributed by atoms with van der Waals surface area (Å²) in [5.41, 5.74) is 10.0. The van der Waals surface area contributed by atoms with Crippen molar-refractivity contribution in [1.29, 1.82) is 0 Å². The Morgan fingerprint density at radius 1 is 1.29 bits per heavy atom. The van der Waals surface area contributed by atoms with E-state index in [1.807, 2.05) is 18.2 Å². The fourth-order valence-corrected chi connectivity index (χ4v) is 1.92. The SMILES string of the molecule is Cc1cccc(Nc2ncc(Br)cc2N)c1C. The molecule has 88 valence electrons. The summed E-state index contributed by atoms with van der Waals surface area (Å²) in [6.45, 7) is 4.16. The fourth-order valence-electron chi connectivity index (χ4n) is 1.57. The van der Waals surface area contributed by atoms with Crippen molar-refractivity contribution in [2.45, 2.75) is 13.8 Å². The molecule has 0 aliphatic rings. The minimum atomic E-state index is 0.625. The quantitative estimate of drug-likeness (QED) is 0.885. The zero-order chi connectivity index (χ0) is 12.4. The Balaban J connectivity index is 2.35. The maximum Gasteiger partial charge on any atom is 0.153 e. The van der Waals surface area contributed by atoms with Crippen molar-refractivity contribution in [2.75, 3.05) is 11.1 Å². The number of pyridine rings is 1. The molecule has 0 atom stereocenters. The zero-order valence-electron chi connectivity index (χ0n) is 9.79. The molecule has 0 saturated heterocycles. The van der Waals surface area contributed by atoms with E-state index in [4.69, 9.17) is 5.73 Å². The molecule has 1 heterocycles. The van der Waals surface area contributed by atoms with Crippen molar-refractivity contribution in [2.24, 2.45) is 0 Å². The average molecular weight is 292 g/mol. The third-order valence-corrected chi connectivity index (χ3v) is 3.18. The van der Waals surface area contributed by atoms with Crippen molar-refractivity contribution >= 4 is 33.1 Å². The van der Waals surface area contributed by atoms with Gasteiger partial charge in [0.25, 0.3) is 0 Å². The van der Waals surface area contributed by atoms with E-state index in [1.165, 1.54) is 11.1 Å². The second-order valence-corrected chi connectivity index (χ2v) is 4.88. The van der Waals surface area contributed by atoms with Crippen LogP contribution >= 0.6 is 15.9 Å². The highest BCUT2D eigenvalue weighted by Gasteiger charge is 2.05. The highest BCUT2D eigenvalue weighted by Crippen LogP contribution is 2.26. The first kappa shape index (κ1) is 11.9. The molecular formula is C13H14BrN3. The lowest BCUT2D eigenvalue weighted by atomic mass is 10.1. The van der Waals surface area contributed by atoms with Gasteiger partial charge in [-0.3, -0.25) is 0 Å².